The molecule has 9 nitrogen and oxygen atoms in total. The number of nitrogens with two attached hydrogens (primary N) is 1. The van der Waals surface area contributed by atoms with Crippen LogP contribution < -0.4 is 21.3 Å². The van der Waals surface area contributed by atoms with Crippen molar-refractivity contribution in [1.29, 1.82) is 0 Å². The predicted octanol–water partition coefficient (Wildman–Crippen LogP) is 3.65. The Balaban J connectivity index is 1.69. The van der Waals surface area contributed by atoms with Gasteiger partial charge in [0.05, 0.1) is 15.6 Å². The van der Waals surface area contributed by atoms with Gasteiger partial charge < -0.3 is 21.3 Å². The van der Waals surface area contributed by atoms with Crippen molar-refractivity contribution >= 4 is 34.7 Å². The van der Waals surface area contributed by atoms with E-state index in [4.69, 9.17) is 17.3 Å². The molecule has 0 bridgehead atoms. The largest absolute Gasteiger partial charge is 0.376 e. The number of nitrogens with one attached hydrogen (secondary N) is 2. The van der Waals surface area contributed by atoms with Crippen molar-refractivity contribution in [3.8, 4) is 0 Å². The Labute approximate surface area is 181 Å². The molecule has 0 saturated heterocycles. The van der Waals surface area contributed by atoms with Gasteiger partial charge in [0.2, 0.25) is 11.8 Å². The molecule has 1 aromatic carbocycles. The molecule has 10 heteroatoms. The van der Waals surface area contributed by atoms with Gasteiger partial charge in [0, 0.05) is 33.2 Å². The van der Waals surface area contributed by atoms with Crippen molar-refractivity contribution in [2.45, 2.75) is 38.3 Å². The molecule has 1 aliphatic carbocycles. The molecule has 0 spiro atoms. The van der Waals surface area contributed by atoms with Crippen LogP contribution in [0, 0.1) is 16.0 Å². The van der Waals surface area contributed by atoms with Crippen molar-refractivity contribution in [3.63, 3.8) is 0 Å². The number of nitrogens with zero attached hydrogens (tertiary/aromatic N) is 4. The molecule has 1 aliphatic rings. The second-order valence-corrected chi connectivity index (χ2v) is 8.22. The molecule has 4 N–H and O–H groups in total. The Morgan fingerprint density at radius 2 is 2.00 bits per heavy atom. The zero-order valence-electron chi connectivity index (χ0n) is 17.3. The van der Waals surface area contributed by atoms with Gasteiger partial charge in [-0.2, -0.15) is 4.98 Å². The minimum absolute atomic E-state index is 0.138. The van der Waals surface area contributed by atoms with E-state index in [-0.39, 0.29) is 17.5 Å². The van der Waals surface area contributed by atoms with Crippen LogP contribution in [0.2, 0.25) is 5.02 Å². The molecule has 30 heavy (non-hydrogen) atoms. The van der Waals surface area contributed by atoms with Crippen LogP contribution in [0.5, 0.6) is 0 Å². The Morgan fingerprint density at radius 1 is 1.27 bits per heavy atom. The van der Waals surface area contributed by atoms with Crippen LogP contribution in [0.1, 0.15) is 31.2 Å². The summed E-state index contributed by atoms with van der Waals surface area (Å²) in [6, 6.07) is 6.05. The lowest BCUT2D eigenvalue weighted by molar-refractivity contribution is -0.384. The van der Waals surface area contributed by atoms with Crippen LogP contribution >= 0.6 is 11.6 Å². The van der Waals surface area contributed by atoms with E-state index in [1.54, 1.807) is 0 Å². The maximum Gasteiger partial charge on any atom is 0.329 e. The lowest BCUT2D eigenvalue weighted by Crippen LogP contribution is -2.29. The Bertz CT molecular complexity index is 885. The van der Waals surface area contributed by atoms with Crippen LogP contribution in [0.3, 0.4) is 0 Å². The minimum Gasteiger partial charge on any atom is -0.376 e. The topological polar surface area (TPSA) is 122 Å². The number of hydrogen-bond acceptors (Lipinski definition) is 8. The summed E-state index contributed by atoms with van der Waals surface area (Å²) in [4.78, 5) is 21.3. The van der Waals surface area contributed by atoms with Crippen molar-refractivity contribution in [3.05, 3.63) is 45.1 Å². The van der Waals surface area contributed by atoms with Gasteiger partial charge in [0.15, 0.2) is 0 Å². The lowest BCUT2D eigenvalue weighted by atomic mass is 9.86. The monoisotopic (exact) mass is 433 g/mol. The molecule has 1 aromatic heterocycles. The number of hydrogen-bond donors (Lipinski definition) is 3. The molecule has 1 saturated carbocycles. The Kier molecular flexibility index (Phi) is 7.28. The fourth-order valence-electron chi connectivity index (χ4n) is 3.58. The quantitative estimate of drug-likeness (QED) is 0.426. The zero-order chi connectivity index (χ0) is 21.7. The third-order valence-corrected chi connectivity index (χ3v) is 5.83. The maximum atomic E-state index is 11.4. The SMILES string of the molecule is CN(C)c1cccc(CNc2ncc([N+](=O)[O-])c(NC[C@H]3CC[C@H](N)CC3)n2)c1Cl. The molecule has 0 amide bonds. The standard InChI is InChI=1S/C20H28ClN7O2/c1-27(2)16-5-3-4-14(18(16)21)11-24-20-25-12-17(28(29)30)19(26-20)23-10-13-6-8-15(22)9-7-13/h3-5,12-13,15H,6-11,22H2,1-2H3,(H2,23,24,25,26)/t13-,15-. The molecule has 0 atom stereocenters. The van der Waals surface area contributed by atoms with Crippen molar-refractivity contribution < 1.29 is 4.92 Å². The van der Waals surface area contributed by atoms with E-state index >= 15 is 0 Å². The maximum absolute atomic E-state index is 11.4. The second-order valence-electron chi connectivity index (χ2n) is 7.84. The molecular weight excluding hydrogens is 406 g/mol. The van der Waals surface area contributed by atoms with Gasteiger partial charge in [-0.1, -0.05) is 23.7 Å². The number of benzene rings is 1. The molecule has 3 rings (SSSR count). The summed E-state index contributed by atoms with van der Waals surface area (Å²) < 4.78 is 0. The van der Waals surface area contributed by atoms with E-state index in [9.17, 15) is 10.1 Å². The molecule has 1 heterocycles. The van der Waals surface area contributed by atoms with Gasteiger partial charge in [-0.25, -0.2) is 4.98 Å². The van der Waals surface area contributed by atoms with Crippen molar-refractivity contribution in [2.75, 3.05) is 36.2 Å². The summed E-state index contributed by atoms with van der Waals surface area (Å²) in [5.74, 6) is 0.962. The average molecular weight is 434 g/mol. The minimum atomic E-state index is -0.472. The van der Waals surface area contributed by atoms with Crippen LogP contribution in [0.4, 0.5) is 23.1 Å². The first-order valence-corrected chi connectivity index (χ1v) is 10.4. The zero-order valence-corrected chi connectivity index (χ0v) is 18.0. The van der Waals surface area contributed by atoms with Gasteiger partial charge in [-0.3, -0.25) is 10.1 Å². The molecule has 0 aliphatic heterocycles. The smallest absolute Gasteiger partial charge is 0.329 e. The van der Waals surface area contributed by atoms with Crippen molar-refractivity contribution in [2.24, 2.45) is 11.7 Å². The normalized spacial score (nSPS) is 18.7. The summed E-state index contributed by atoms with van der Waals surface area (Å²) in [7, 11) is 3.85. The van der Waals surface area contributed by atoms with Crippen LogP contribution in [0.25, 0.3) is 0 Å². The van der Waals surface area contributed by atoms with E-state index in [0.29, 0.717) is 30.0 Å². The molecule has 0 unspecified atom stereocenters. The van der Waals surface area contributed by atoms with Crippen LogP contribution in [-0.4, -0.2) is 41.6 Å². The highest BCUT2D eigenvalue weighted by Crippen LogP contribution is 2.29. The number of halogens is 1. The first-order valence-electron chi connectivity index (χ1n) is 10.0. The van der Waals surface area contributed by atoms with Gasteiger partial charge in [-0.05, 0) is 43.2 Å². The summed E-state index contributed by atoms with van der Waals surface area (Å²) in [5, 5.41) is 18.3. The molecule has 1 fully saturated rings. The summed E-state index contributed by atoms with van der Waals surface area (Å²) in [5.41, 5.74) is 7.62. The Hall–Kier alpha value is -2.65. The fourth-order valence-corrected chi connectivity index (χ4v) is 3.94. The van der Waals surface area contributed by atoms with Gasteiger partial charge in [-0.15, -0.1) is 0 Å². The third kappa shape index (κ3) is 5.48. The van der Waals surface area contributed by atoms with E-state index in [2.05, 4.69) is 20.6 Å². The number of anilines is 3. The van der Waals surface area contributed by atoms with Gasteiger partial charge in [0.25, 0.3) is 0 Å². The fraction of sp³-hybridized carbons (Fsp3) is 0.500. The highest BCUT2D eigenvalue weighted by molar-refractivity contribution is 6.34. The number of aromatic nitrogens is 2. The van der Waals surface area contributed by atoms with E-state index in [1.165, 1.54) is 6.20 Å². The summed E-state index contributed by atoms with van der Waals surface area (Å²) >= 11 is 6.48. The second kappa shape index (κ2) is 9.90. The van der Waals surface area contributed by atoms with E-state index in [1.807, 2.05) is 37.2 Å². The summed E-state index contributed by atoms with van der Waals surface area (Å²) in [6.07, 6.45) is 5.22. The lowest BCUT2D eigenvalue weighted by Gasteiger charge is -2.26. The average Bonchev–Trinajstić information content (AvgIpc) is 2.72. The molecule has 162 valence electrons. The highest BCUT2D eigenvalue weighted by atomic mass is 35.5. The van der Waals surface area contributed by atoms with Crippen LogP contribution in [0.15, 0.2) is 24.4 Å². The number of nitro groups is 1. The first-order chi connectivity index (χ1) is 14.3. The van der Waals surface area contributed by atoms with E-state index < -0.39 is 4.92 Å². The summed E-state index contributed by atoms with van der Waals surface area (Å²) in [6.45, 7) is 1.03. The van der Waals surface area contributed by atoms with Gasteiger partial charge >= 0.3 is 5.69 Å². The molecule has 2 aromatic rings. The van der Waals surface area contributed by atoms with Crippen LogP contribution in [-0.2, 0) is 6.54 Å². The predicted molar refractivity (Wildman–Crippen MR) is 120 cm³/mol. The number of rotatable bonds is 8. The molecular formula is C20H28ClN7O2. The molecule has 0 radical (unpaired) electrons. The Morgan fingerprint density at radius 3 is 2.67 bits per heavy atom. The van der Waals surface area contributed by atoms with Gasteiger partial charge in [0.1, 0.15) is 6.20 Å². The van der Waals surface area contributed by atoms with Crippen molar-refractivity contribution in [1.82, 2.24) is 9.97 Å². The highest BCUT2D eigenvalue weighted by Gasteiger charge is 2.22. The third-order valence-electron chi connectivity index (χ3n) is 5.39. The van der Waals surface area contributed by atoms with E-state index in [0.717, 1.165) is 36.9 Å². The first kappa shape index (κ1) is 22.0.